The van der Waals surface area contributed by atoms with Gasteiger partial charge >= 0.3 is 0 Å². The highest BCUT2D eigenvalue weighted by Crippen LogP contribution is 2.11. The quantitative estimate of drug-likeness (QED) is 0.561. The number of carbonyl (C=O) groups is 1. The molecule has 26 heavy (non-hydrogen) atoms. The number of sulfonamides is 1. The average Bonchev–Trinajstić information content (AvgIpc) is 2.61. The molecule has 0 aromatic heterocycles. The Hall–Kier alpha value is -2.71. The van der Waals surface area contributed by atoms with Gasteiger partial charge in [-0.15, -0.1) is 0 Å². The number of benzene rings is 2. The molecule has 0 heterocycles. The summed E-state index contributed by atoms with van der Waals surface area (Å²) in [6, 6.07) is 16.2. The zero-order valence-electron chi connectivity index (χ0n) is 14.6. The number of rotatable bonds is 8. The number of ether oxygens (including phenoxy) is 1. The van der Waals surface area contributed by atoms with E-state index in [1.807, 2.05) is 18.2 Å². The molecule has 0 fully saturated rings. The zero-order valence-corrected chi connectivity index (χ0v) is 15.4. The second-order valence-corrected chi connectivity index (χ2v) is 7.57. The predicted octanol–water partition coefficient (Wildman–Crippen LogP) is 1.61. The van der Waals surface area contributed by atoms with E-state index >= 15 is 0 Å². The van der Waals surface area contributed by atoms with Crippen LogP contribution in [0, 0.1) is 0 Å². The van der Waals surface area contributed by atoms with Crippen molar-refractivity contribution in [1.29, 1.82) is 0 Å². The number of hydrazone groups is 1. The third-order valence-corrected chi connectivity index (χ3v) is 4.68. The van der Waals surface area contributed by atoms with Gasteiger partial charge in [-0.25, -0.2) is 13.8 Å². The monoisotopic (exact) mass is 375 g/mol. The van der Waals surface area contributed by atoms with Crippen molar-refractivity contribution in [3.63, 3.8) is 0 Å². The predicted molar refractivity (Wildman–Crippen MR) is 100 cm³/mol. The number of hydrogen-bond donors (Lipinski definition) is 1. The molecule has 0 atom stereocenters. The van der Waals surface area contributed by atoms with Crippen LogP contribution in [0.3, 0.4) is 0 Å². The smallest absolute Gasteiger partial charge is 0.255 e. The molecule has 2 rings (SSSR count). The van der Waals surface area contributed by atoms with Crippen LogP contribution in [0.4, 0.5) is 0 Å². The normalized spacial score (nSPS) is 11.7. The number of amides is 1. The van der Waals surface area contributed by atoms with Gasteiger partial charge in [0.1, 0.15) is 5.75 Å². The Morgan fingerprint density at radius 2 is 1.92 bits per heavy atom. The van der Waals surface area contributed by atoms with Gasteiger partial charge in [0.15, 0.2) is 0 Å². The average molecular weight is 375 g/mol. The van der Waals surface area contributed by atoms with E-state index in [1.165, 1.54) is 6.21 Å². The molecule has 0 bridgehead atoms. The molecule has 0 saturated carbocycles. The lowest BCUT2D eigenvalue weighted by Crippen LogP contribution is -2.38. The van der Waals surface area contributed by atoms with Crippen molar-refractivity contribution in [1.82, 2.24) is 9.73 Å². The van der Waals surface area contributed by atoms with Crippen LogP contribution < -0.4 is 10.2 Å². The Balaban J connectivity index is 1.97. The largest absolute Gasteiger partial charge is 0.497 e. The summed E-state index contributed by atoms with van der Waals surface area (Å²) in [7, 11) is -1.98. The van der Waals surface area contributed by atoms with Gasteiger partial charge in [-0.2, -0.15) is 9.41 Å². The first kappa shape index (κ1) is 19.6. The van der Waals surface area contributed by atoms with Crippen molar-refractivity contribution in [2.45, 2.75) is 6.54 Å². The van der Waals surface area contributed by atoms with Gasteiger partial charge in [-0.05, 0) is 23.3 Å². The van der Waals surface area contributed by atoms with Crippen LogP contribution in [0.15, 0.2) is 59.7 Å². The molecular formula is C18H21N3O4S. The van der Waals surface area contributed by atoms with Gasteiger partial charge in [0, 0.05) is 6.54 Å². The Kier molecular flexibility index (Phi) is 6.88. The number of methoxy groups -OCH3 is 1. The standard InChI is InChI=1S/C18H21N3O4S/c1-25-17-10-6-9-16(11-17)12-19-20-18(22)14-21(26(2,23)24)13-15-7-4-3-5-8-15/h3-12H,13-14H2,1-2H3,(H,20,22)/b19-12-. The fourth-order valence-corrected chi connectivity index (χ4v) is 2.91. The molecule has 8 heteroatoms. The number of hydrogen-bond acceptors (Lipinski definition) is 5. The highest BCUT2D eigenvalue weighted by molar-refractivity contribution is 7.88. The molecule has 0 spiro atoms. The Labute approximate surface area is 153 Å². The van der Waals surface area contributed by atoms with Gasteiger partial charge in [-0.3, -0.25) is 4.79 Å². The van der Waals surface area contributed by atoms with E-state index in [0.717, 1.165) is 21.7 Å². The van der Waals surface area contributed by atoms with E-state index in [-0.39, 0.29) is 13.1 Å². The maximum Gasteiger partial charge on any atom is 0.255 e. The zero-order chi connectivity index (χ0) is 19.0. The SMILES string of the molecule is COc1cccc(/C=N\NC(=O)CN(Cc2ccccc2)S(C)(=O)=O)c1. The first-order valence-corrected chi connectivity index (χ1v) is 9.68. The van der Waals surface area contributed by atoms with E-state index in [0.29, 0.717) is 5.75 Å². The molecular weight excluding hydrogens is 354 g/mol. The fourth-order valence-electron chi connectivity index (χ4n) is 2.17. The fraction of sp³-hybridized carbons (Fsp3) is 0.222. The number of nitrogens with zero attached hydrogens (tertiary/aromatic N) is 2. The first-order chi connectivity index (χ1) is 12.4. The summed E-state index contributed by atoms with van der Waals surface area (Å²) in [4.78, 5) is 12.0. The van der Waals surface area contributed by atoms with Crippen LogP contribution in [-0.2, 0) is 21.4 Å². The molecule has 7 nitrogen and oxygen atoms in total. The topological polar surface area (TPSA) is 88.1 Å². The summed E-state index contributed by atoms with van der Waals surface area (Å²) in [5.41, 5.74) is 3.88. The summed E-state index contributed by atoms with van der Waals surface area (Å²) < 4.78 is 30.1. The van der Waals surface area contributed by atoms with E-state index in [1.54, 1.807) is 43.5 Å². The second kappa shape index (κ2) is 9.12. The lowest BCUT2D eigenvalue weighted by atomic mass is 10.2. The van der Waals surface area contributed by atoms with Crippen LogP contribution in [0.25, 0.3) is 0 Å². The third kappa shape index (κ3) is 6.30. The Morgan fingerprint density at radius 3 is 2.58 bits per heavy atom. The van der Waals surface area contributed by atoms with Crippen LogP contribution >= 0.6 is 0 Å². The molecule has 138 valence electrons. The molecule has 1 amide bonds. The van der Waals surface area contributed by atoms with Gasteiger partial charge in [0.2, 0.25) is 10.0 Å². The molecule has 0 aliphatic rings. The summed E-state index contributed by atoms with van der Waals surface area (Å²) in [5.74, 6) is 0.150. The van der Waals surface area contributed by atoms with Crippen molar-refractivity contribution in [3.8, 4) is 5.75 Å². The van der Waals surface area contributed by atoms with Gasteiger partial charge in [0.05, 0.1) is 26.1 Å². The van der Waals surface area contributed by atoms with Crippen molar-refractivity contribution in [2.75, 3.05) is 19.9 Å². The molecule has 2 aromatic carbocycles. The Bertz CT molecular complexity index is 867. The van der Waals surface area contributed by atoms with Gasteiger partial charge in [0.25, 0.3) is 5.91 Å². The highest BCUT2D eigenvalue weighted by Gasteiger charge is 2.20. The molecule has 0 unspecified atom stereocenters. The lowest BCUT2D eigenvalue weighted by Gasteiger charge is -2.18. The van der Waals surface area contributed by atoms with Crippen LogP contribution in [0.1, 0.15) is 11.1 Å². The maximum atomic E-state index is 12.0. The van der Waals surface area contributed by atoms with E-state index < -0.39 is 15.9 Å². The van der Waals surface area contributed by atoms with E-state index in [2.05, 4.69) is 10.5 Å². The molecule has 2 aromatic rings. The van der Waals surface area contributed by atoms with Gasteiger partial charge < -0.3 is 4.74 Å². The van der Waals surface area contributed by atoms with Gasteiger partial charge in [-0.1, -0.05) is 42.5 Å². The van der Waals surface area contributed by atoms with Crippen molar-refractivity contribution >= 4 is 22.1 Å². The maximum absolute atomic E-state index is 12.0. The molecule has 0 aliphatic heterocycles. The van der Waals surface area contributed by atoms with E-state index in [4.69, 9.17) is 4.74 Å². The van der Waals surface area contributed by atoms with Crippen molar-refractivity contribution < 1.29 is 17.9 Å². The third-order valence-electron chi connectivity index (χ3n) is 3.49. The Morgan fingerprint density at radius 1 is 1.19 bits per heavy atom. The highest BCUT2D eigenvalue weighted by atomic mass is 32.2. The molecule has 0 radical (unpaired) electrons. The van der Waals surface area contributed by atoms with Crippen LogP contribution in [0.2, 0.25) is 0 Å². The summed E-state index contributed by atoms with van der Waals surface area (Å²) in [6.07, 6.45) is 2.53. The van der Waals surface area contributed by atoms with Crippen molar-refractivity contribution in [3.05, 3.63) is 65.7 Å². The second-order valence-electron chi connectivity index (χ2n) is 5.59. The lowest BCUT2D eigenvalue weighted by molar-refractivity contribution is -0.121. The molecule has 0 aliphatic carbocycles. The number of carbonyl (C=O) groups excluding carboxylic acids is 1. The minimum absolute atomic E-state index is 0.118. The van der Waals surface area contributed by atoms with Crippen LogP contribution in [-0.4, -0.2) is 44.8 Å². The van der Waals surface area contributed by atoms with Crippen molar-refractivity contribution in [2.24, 2.45) is 5.10 Å². The summed E-state index contributed by atoms with van der Waals surface area (Å²) >= 11 is 0. The first-order valence-electron chi connectivity index (χ1n) is 7.83. The number of nitrogens with one attached hydrogen (secondary N) is 1. The molecule has 1 N–H and O–H groups in total. The summed E-state index contributed by atoms with van der Waals surface area (Å²) in [5, 5.41) is 3.86. The summed E-state index contributed by atoms with van der Waals surface area (Å²) in [6.45, 7) is -0.199. The minimum atomic E-state index is -3.54. The molecule has 0 saturated heterocycles. The van der Waals surface area contributed by atoms with E-state index in [9.17, 15) is 13.2 Å². The van der Waals surface area contributed by atoms with Crippen LogP contribution in [0.5, 0.6) is 5.75 Å². The minimum Gasteiger partial charge on any atom is -0.497 e.